The van der Waals surface area contributed by atoms with Crippen LogP contribution in [0.25, 0.3) is 0 Å². The largest absolute Gasteiger partial charge is 0.388 e. The summed E-state index contributed by atoms with van der Waals surface area (Å²) in [5.41, 5.74) is 0.478. The fourth-order valence-electron chi connectivity index (χ4n) is 1.45. The maximum atomic E-state index is 12.5. The minimum absolute atomic E-state index is 0.238. The molecule has 1 aromatic carbocycles. The lowest BCUT2D eigenvalue weighted by molar-refractivity contribution is -0.0110. The number of alkyl halides is 2. The highest BCUT2D eigenvalue weighted by molar-refractivity contribution is 6.30. The third-order valence-corrected chi connectivity index (χ3v) is 2.66. The molecule has 0 aliphatic heterocycles. The third-order valence-electron chi connectivity index (χ3n) is 2.41. The van der Waals surface area contributed by atoms with Crippen LogP contribution in [0.2, 0.25) is 5.02 Å². The molecule has 2 atom stereocenters. The number of aliphatic hydroxyl groups excluding tert-OH is 1. The molecule has 1 N–H and O–H groups in total. The summed E-state index contributed by atoms with van der Waals surface area (Å²) in [5.74, 6) is -1.02. The van der Waals surface area contributed by atoms with Crippen molar-refractivity contribution in [1.29, 1.82) is 0 Å². The van der Waals surface area contributed by atoms with Crippen molar-refractivity contribution in [3.63, 3.8) is 0 Å². The van der Waals surface area contributed by atoms with Crippen LogP contribution in [0.15, 0.2) is 24.3 Å². The van der Waals surface area contributed by atoms with Crippen LogP contribution in [-0.4, -0.2) is 11.5 Å². The number of aliphatic hydroxyl groups is 1. The summed E-state index contributed by atoms with van der Waals surface area (Å²) in [4.78, 5) is 0. The summed E-state index contributed by atoms with van der Waals surface area (Å²) in [7, 11) is 0. The Morgan fingerprint density at radius 3 is 2.20 bits per heavy atom. The van der Waals surface area contributed by atoms with Crippen molar-refractivity contribution in [2.45, 2.75) is 25.9 Å². The predicted octanol–water partition coefficient (Wildman–Crippen LogP) is 3.66. The van der Waals surface area contributed by atoms with Crippen molar-refractivity contribution in [1.82, 2.24) is 0 Å². The van der Waals surface area contributed by atoms with Crippen LogP contribution in [0.4, 0.5) is 8.78 Å². The van der Waals surface area contributed by atoms with Crippen LogP contribution < -0.4 is 0 Å². The fraction of sp³-hybridized carbons (Fsp3) is 0.455. The summed E-state index contributed by atoms with van der Waals surface area (Å²) < 4.78 is 25.1. The van der Waals surface area contributed by atoms with E-state index in [0.29, 0.717) is 10.6 Å². The van der Waals surface area contributed by atoms with Gasteiger partial charge in [0.05, 0.1) is 6.10 Å². The van der Waals surface area contributed by atoms with E-state index in [0.717, 1.165) is 0 Å². The molecule has 0 aliphatic rings. The Labute approximate surface area is 92.7 Å². The van der Waals surface area contributed by atoms with Crippen molar-refractivity contribution in [2.24, 2.45) is 5.92 Å². The van der Waals surface area contributed by atoms with Crippen molar-refractivity contribution >= 4 is 11.6 Å². The Balaban J connectivity index is 2.82. The van der Waals surface area contributed by atoms with Gasteiger partial charge >= 0.3 is 0 Å². The molecule has 2 unspecified atom stereocenters. The molecule has 0 aromatic heterocycles. The van der Waals surface area contributed by atoms with E-state index >= 15 is 0 Å². The zero-order valence-corrected chi connectivity index (χ0v) is 9.09. The highest BCUT2D eigenvalue weighted by Gasteiger charge is 2.27. The van der Waals surface area contributed by atoms with Crippen LogP contribution in [0.1, 0.15) is 25.0 Å². The van der Waals surface area contributed by atoms with Gasteiger partial charge in [-0.15, -0.1) is 0 Å². The van der Waals surface area contributed by atoms with E-state index in [-0.39, 0.29) is 6.42 Å². The average molecular weight is 235 g/mol. The monoisotopic (exact) mass is 234 g/mol. The highest BCUT2D eigenvalue weighted by atomic mass is 35.5. The lowest BCUT2D eigenvalue weighted by Gasteiger charge is -2.20. The molecular weight excluding hydrogens is 222 g/mol. The van der Waals surface area contributed by atoms with Crippen LogP contribution in [0, 0.1) is 5.92 Å². The summed E-state index contributed by atoms with van der Waals surface area (Å²) >= 11 is 5.66. The molecule has 1 aromatic rings. The van der Waals surface area contributed by atoms with Crippen LogP contribution in [0.5, 0.6) is 0 Å². The van der Waals surface area contributed by atoms with Crippen molar-refractivity contribution in [3.05, 3.63) is 34.9 Å². The molecular formula is C11H13ClF2O. The second-order valence-corrected chi connectivity index (χ2v) is 3.84. The number of halogens is 3. The minimum atomic E-state index is -2.51. The molecule has 0 saturated heterocycles. The molecule has 0 spiro atoms. The van der Waals surface area contributed by atoms with Gasteiger partial charge in [-0.1, -0.05) is 30.7 Å². The third kappa shape index (κ3) is 3.14. The normalized spacial score (nSPS) is 15.3. The van der Waals surface area contributed by atoms with Gasteiger partial charge in [0.2, 0.25) is 6.43 Å². The van der Waals surface area contributed by atoms with Crippen LogP contribution in [-0.2, 0) is 0 Å². The highest BCUT2D eigenvalue weighted by Crippen LogP contribution is 2.30. The van der Waals surface area contributed by atoms with Gasteiger partial charge in [0, 0.05) is 10.9 Å². The quantitative estimate of drug-likeness (QED) is 0.843. The Bertz CT molecular complexity index is 300. The molecule has 4 heteroatoms. The molecule has 0 fully saturated rings. The maximum Gasteiger partial charge on any atom is 0.244 e. The van der Waals surface area contributed by atoms with Crippen LogP contribution >= 0.6 is 11.6 Å². The van der Waals surface area contributed by atoms with Gasteiger partial charge in [-0.25, -0.2) is 8.78 Å². The predicted molar refractivity (Wildman–Crippen MR) is 56.2 cm³/mol. The van der Waals surface area contributed by atoms with E-state index in [1.807, 2.05) is 0 Å². The Kier molecular flexibility index (Phi) is 4.48. The number of hydrogen-bond donors (Lipinski definition) is 1. The van der Waals surface area contributed by atoms with E-state index in [4.69, 9.17) is 11.6 Å². The first kappa shape index (κ1) is 12.4. The lowest BCUT2D eigenvalue weighted by Crippen LogP contribution is -2.19. The number of benzene rings is 1. The molecule has 0 saturated carbocycles. The molecule has 0 aliphatic carbocycles. The fourth-order valence-corrected chi connectivity index (χ4v) is 1.57. The first-order chi connectivity index (χ1) is 7.06. The first-order valence-corrected chi connectivity index (χ1v) is 5.15. The van der Waals surface area contributed by atoms with Gasteiger partial charge in [-0.3, -0.25) is 0 Å². The second kappa shape index (κ2) is 5.42. The minimum Gasteiger partial charge on any atom is -0.388 e. The zero-order chi connectivity index (χ0) is 11.4. The summed E-state index contributed by atoms with van der Waals surface area (Å²) in [6.45, 7) is 1.63. The van der Waals surface area contributed by atoms with E-state index in [2.05, 4.69) is 0 Å². The summed E-state index contributed by atoms with van der Waals surface area (Å²) in [5, 5.41) is 10.2. The van der Waals surface area contributed by atoms with Gasteiger partial charge in [0.25, 0.3) is 0 Å². The van der Waals surface area contributed by atoms with Gasteiger partial charge < -0.3 is 5.11 Å². The molecule has 0 heterocycles. The number of rotatable bonds is 4. The van der Waals surface area contributed by atoms with E-state index in [1.54, 1.807) is 31.2 Å². The summed E-state index contributed by atoms with van der Waals surface area (Å²) in [6.07, 6.45) is -3.41. The zero-order valence-electron chi connectivity index (χ0n) is 8.33. The average Bonchev–Trinajstić information content (AvgIpc) is 2.19. The van der Waals surface area contributed by atoms with Gasteiger partial charge in [-0.05, 0) is 24.1 Å². The molecule has 1 rings (SSSR count). The van der Waals surface area contributed by atoms with Crippen LogP contribution in [0.3, 0.4) is 0 Å². The molecule has 15 heavy (non-hydrogen) atoms. The molecule has 0 bridgehead atoms. The van der Waals surface area contributed by atoms with E-state index in [9.17, 15) is 13.9 Å². The van der Waals surface area contributed by atoms with Crippen molar-refractivity contribution in [3.8, 4) is 0 Å². The first-order valence-electron chi connectivity index (χ1n) is 4.78. The Morgan fingerprint density at radius 2 is 1.80 bits per heavy atom. The van der Waals surface area contributed by atoms with Gasteiger partial charge in [-0.2, -0.15) is 0 Å². The van der Waals surface area contributed by atoms with Gasteiger partial charge in [0.15, 0.2) is 0 Å². The summed E-state index contributed by atoms with van der Waals surface area (Å²) in [6, 6.07) is 6.30. The maximum absolute atomic E-state index is 12.5. The standard InChI is InChI=1S/C11H13ClF2O/c1-2-9(11(13)14)10(15)7-3-5-8(12)6-4-7/h3-6,9-11,15H,2H2,1H3. The van der Waals surface area contributed by atoms with Gasteiger partial charge in [0.1, 0.15) is 0 Å². The molecule has 1 nitrogen and oxygen atoms in total. The van der Waals surface area contributed by atoms with Crippen molar-refractivity contribution in [2.75, 3.05) is 0 Å². The SMILES string of the molecule is CCC(C(F)F)C(O)c1ccc(Cl)cc1. The van der Waals surface area contributed by atoms with E-state index in [1.165, 1.54) is 0 Å². The number of hydrogen-bond acceptors (Lipinski definition) is 1. The topological polar surface area (TPSA) is 20.2 Å². The lowest BCUT2D eigenvalue weighted by atomic mass is 9.94. The Morgan fingerprint density at radius 1 is 1.27 bits per heavy atom. The smallest absolute Gasteiger partial charge is 0.244 e. The molecule has 0 radical (unpaired) electrons. The Hall–Kier alpha value is -0.670. The molecule has 0 amide bonds. The molecule has 84 valence electrons. The van der Waals surface area contributed by atoms with E-state index < -0.39 is 18.4 Å². The second-order valence-electron chi connectivity index (χ2n) is 3.40. The van der Waals surface area contributed by atoms with Crippen molar-refractivity contribution < 1.29 is 13.9 Å².